The van der Waals surface area contributed by atoms with E-state index >= 15 is 0 Å². The topological polar surface area (TPSA) is 85.2 Å². The number of benzene rings is 2. The first kappa shape index (κ1) is 16.6. The Labute approximate surface area is 150 Å². The second kappa shape index (κ2) is 6.12. The van der Waals surface area contributed by atoms with Crippen LogP contribution in [0, 0.1) is 11.8 Å². The first-order chi connectivity index (χ1) is 12.5. The first-order valence-corrected chi connectivity index (χ1v) is 8.46. The number of aromatic hydroxyl groups is 2. The van der Waals surface area contributed by atoms with E-state index in [-0.39, 0.29) is 35.2 Å². The number of ether oxygens (including phenoxy) is 3. The van der Waals surface area contributed by atoms with E-state index in [2.05, 4.69) is 0 Å². The van der Waals surface area contributed by atoms with Gasteiger partial charge in [0, 0.05) is 11.8 Å². The average molecular weight is 356 g/mol. The van der Waals surface area contributed by atoms with E-state index in [1.165, 1.54) is 14.2 Å². The number of fused-ring (bicyclic) bond motifs is 2. The van der Waals surface area contributed by atoms with Crippen molar-refractivity contribution in [2.45, 2.75) is 12.3 Å². The Morgan fingerprint density at radius 3 is 2.50 bits per heavy atom. The lowest BCUT2D eigenvalue weighted by Crippen LogP contribution is -2.31. The molecule has 0 aromatic heterocycles. The Morgan fingerprint density at radius 2 is 1.77 bits per heavy atom. The number of carbonyl (C=O) groups is 1. The second-order valence-corrected chi connectivity index (χ2v) is 6.74. The van der Waals surface area contributed by atoms with E-state index in [4.69, 9.17) is 14.2 Å². The lowest BCUT2D eigenvalue weighted by molar-refractivity contribution is -0.141. The highest BCUT2D eigenvalue weighted by atomic mass is 16.5. The summed E-state index contributed by atoms with van der Waals surface area (Å²) in [5.74, 6) is 0.263. The quantitative estimate of drug-likeness (QED) is 0.823. The van der Waals surface area contributed by atoms with Crippen LogP contribution in [-0.4, -0.2) is 37.0 Å². The van der Waals surface area contributed by atoms with Crippen LogP contribution in [0.1, 0.15) is 22.6 Å². The number of hydrogen-bond acceptors (Lipinski definition) is 6. The zero-order valence-electron chi connectivity index (χ0n) is 14.6. The molecule has 0 radical (unpaired) electrons. The molecule has 0 bridgehead atoms. The number of phenolic OH excluding ortho intramolecular Hbond substituents is 2. The fourth-order valence-corrected chi connectivity index (χ4v) is 4.18. The number of esters is 1. The maximum Gasteiger partial charge on any atom is 0.309 e. The molecule has 2 aromatic rings. The Kier molecular flexibility index (Phi) is 3.90. The molecule has 26 heavy (non-hydrogen) atoms. The van der Waals surface area contributed by atoms with Gasteiger partial charge in [-0.2, -0.15) is 0 Å². The maximum atomic E-state index is 12.2. The van der Waals surface area contributed by atoms with Crippen LogP contribution in [-0.2, 0) is 16.0 Å². The van der Waals surface area contributed by atoms with Gasteiger partial charge in [-0.05, 0) is 47.4 Å². The summed E-state index contributed by atoms with van der Waals surface area (Å²) in [5, 5.41) is 20.2. The SMILES string of the molecule is COc1cc([C@H]2c3cc(O)c(OC)cc3C[C@@H]3C(=O)OC[C@H]23)ccc1O. The highest BCUT2D eigenvalue weighted by molar-refractivity contribution is 5.77. The van der Waals surface area contributed by atoms with Gasteiger partial charge in [0.15, 0.2) is 23.0 Å². The smallest absolute Gasteiger partial charge is 0.309 e. The van der Waals surface area contributed by atoms with E-state index in [0.29, 0.717) is 24.5 Å². The third-order valence-electron chi connectivity index (χ3n) is 5.44. The number of cyclic esters (lactones) is 1. The third-order valence-corrected chi connectivity index (χ3v) is 5.44. The summed E-state index contributed by atoms with van der Waals surface area (Å²) < 4.78 is 15.8. The summed E-state index contributed by atoms with van der Waals surface area (Å²) in [5.41, 5.74) is 2.80. The molecule has 1 fully saturated rings. The van der Waals surface area contributed by atoms with Gasteiger partial charge in [0.05, 0.1) is 26.7 Å². The average Bonchev–Trinajstić information content (AvgIpc) is 3.00. The number of rotatable bonds is 3. The zero-order chi connectivity index (χ0) is 18.4. The van der Waals surface area contributed by atoms with Crippen molar-refractivity contribution < 1.29 is 29.2 Å². The summed E-state index contributed by atoms with van der Waals surface area (Å²) in [4.78, 5) is 12.2. The van der Waals surface area contributed by atoms with Crippen molar-refractivity contribution in [2.75, 3.05) is 20.8 Å². The summed E-state index contributed by atoms with van der Waals surface area (Å²) in [6.07, 6.45) is 0.557. The highest BCUT2D eigenvalue weighted by Gasteiger charge is 2.47. The molecule has 0 spiro atoms. The van der Waals surface area contributed by atoms with Crippen LogP contribution in [0.5, 0.6) is 23.0 Å². The molecule has 2 aliphatic rings. The predicted molar refractivity (Wildman–Crippen MR) is 92.8 cm³/mol. The van der Waals surface area contributed by atoms with Crippen LogP contribution in [0.2, 0.25) is 0 Å². The van der Waals surface area contributed by atoms with Gasteiger partial charge < -0.3 is 24.4 Å². The van der Waals surface area contributed by atoms with Gasteiger partial charge in [0.1, 0.15) is 0 Å². The van der Waals surface area contributed by atoms with Crippen molar-refractivity contribution in [3.05, 3.63) is 47.0 Å². The van der Waals surface area contributed by atoms with Gasteiger partial charge in [-0.15, -0.1) is 0 Å². The molecule has 0 amide bonds. The zero-order valence-corrected chi connectivity index (χ0v) is 14.6. The molecule has 6 nitrogen and oxygen atoms in total. The van der Waals surface area contributed by atoms with E-state index in [9.17, 15) is 15.0 Å². The molecule has 1 saturated heterocycles. The maximum absolute atomic E-state index is 12.2. The minimum atomic E-state index is -0.235. The third kappa shape index (κ3) is 2.44. The van der Waals surface area contributed by atoms with E-state index in [0.717, 1.165) is 16.7 Å². The minimum Gasteiger partial charge on any atom is -0.504 e. The number of phenols is 2. The van der Waals surface area contributed by atoms with Gasteiger partial charge in [-0.1, -0.05) is 6.07 Å². The molecule has 0 saturated carbocycles. The van der Waals surface area contributed by atoms with Gasteiger partial charge in [0.25, 0.3) is 0 Å². The van der Waals surface area contributed by atoms with Crippen LogP contribution < -0.4 is 9.47 Å². The Balaban J connectivity index is 1.89. The van der Waals surface area contributed by atoms with Gasteiger partial charge in [0.2, 0.25) is 0 Å². The first-order valence-electron chi connectivity index (χ1n) is 8.46. The van der Waals surface area contributed by atoms with Gasteiger partial charge in [-0.3, -0.25) is 4.79 Å². The predicted octanol–water partition coefficient (Wildman–Crippen LogP) is 2.59. The van der Waals surface area contributed by atoms with Crippen LogP contribution in [0.3, 0.4) is 0 Å². The lowest BCUT2D eigenvalue weighted by Gasteiger charge is -2.34. The standard InChI is InChI=1S/C20H20O6/c1-24-17-6-10(3-4-15(17)21)19-12-8-16(22)18(25-2)7-11(12)5-13-14(19)9-26-20(13)23/h3-4,6-8,13-14,19,21-22H,5,9H2,1-2H3/t13-,14-,19-/m0/s1. The van der Waals surface area contributed by atoms with Crippen LogP contribution in [0.25, 0.3) is 0 Å². The molecule has 2 aromatic carbocycles. The van der Waals surface area contributed by atoms with Crippen LogP contribution in [0.4, 0.5) is 0 Å². The summed E-state index contributed by atoms with van der Waals surface area (Å²) in [7, 11) is 2.99. The van der Waals surface area contributed by atoms with E-state index in [1.807, 2.05) is 6.07 Å². The largest absolute Gasteiger partial charge is 0.504 e. The molecule has 3 atom stereocenters. The fourth-order valence-electron chi connectivity index (χ4n) is 4.18. The molecule has 2 N–H and O–H groups in total. The number of hydrogen-bond donors (Lipinski definition) is 2. The van der Waals surface area contributed by atoms with Crippen molar-refractivity contribution in [3.63, 3.8) is 0 Å². The molecule has 4 rings (SSSR count). The van der Waals surface area contributed by atoms with Gasteiger partial charge in [-0.25, -0.2) is 0 Å². The Hall–Kier alpha value is -2.89. The Bertz CT molecular complexity index is 875. The van der Waals surface area contributed by atoms with Crippen molar-refractivity contribution in [2.24, 2.45) is 11.8 Å². The van der Waals surface area contributed by atoms with Crippen LogP contribution >= 0.6 is 0 Å². The molecule has 6 heteroatoms. The van der Waals surface area contributed by atoms with E-state index < -0.39 is 0 Å². The molecule has 1 heterocycles. The highest BCUT2D eigenvalue weighted by Crippen LogP contribution is 2.50. The van der Waals surface area contributed by atoms with Crippen molar-refractivity contribution in [1.29, 1.82) is 0 Å². The second-order valence-electron chi connectivity index (χ2n) is 6.74. The Morgan fingerprint density at radius 1 is 1.04 bits per heavy atom. The normalized spacial score (nSPS) is 23.8. The van der Waals surface area contributed by atoms with Crippen LogP contribution in [0.15, 0.2) is 30.3 Å². The monoisotopic (exact) mass is 356 g/mol. The molecule has 0 unspecified atom stereocenters. The van der Waals surface area contributed by atoms with Gasteiger partial charge >= 0.3 is 5.97 Å². The summed E-state index contributed by atoms with van der Waals surface area (Å²) in [6, 6.07) is 8.67. The van der Waals surface area contributed by atoms with Crippen molar-refractivity contribution in [1.82, 2.24) is 0 Å². The molecular weight excluding hydrogens is 336 g/mol. The van der Waals surface area contributed by atoms with Crippen molar-refractivity contribution in [3.8, 4) is 23.0 Å². The summed E-state index contributed by atoms with van der Waals surface area (Å²) >= 11 is 0. The lowest BCUT2D eigenvalue weighted by atomic mass is 9.67. The number of methoxy groups -OCH3 is 2. The summed E-state index contributed by atoms with van der Waals surface area (Å²) in [6.45, 7) is 0.337. The molecule has 1 aliphatic heterocycles. The molecule has 1 aliphatic carbocycles. The molecular formula is C20H20O6. The minimum absolute atomic E-state index is 0.0305. The van der Waals surface area contributed by atoms with Crippen molar-refractivity contribution >= 4 is 5.97 Å². The number of carbonyl (C=O) groups excluding carboxylic acids is 1. The fraction of sp³-hybridized carbons (Fsp3) is 0.350. The van der Waals surface area contributed by atoms with E-state index in [1.54, 1.807) is 24.3 Å². The molecule has 136 valence electrons.